The highest BCUT2D eigenvalue weighted by Gasteiger charge is 2.44. The summed E-state index contributed by atoms with van der Waals surface area (Å²) in [6, 6.07) is 0.433. The van der Waals surface area contributed by atoms with Gasteiger partial charge in [-0.1, -0.05) is 32.1 Å². The molecule has 142 valence electrons. The van der Waals surface area contributed by atoms with Crippen molar-refractivity contribution in [3.8, 4) is 0 Å². The van der Waals surface area contributed by atoms with Crippen LogP contribution in [-0.4, -0.2) is 22.8 Å². The van der Waals surface area contributed by atoms with Gasteiger partial charge in [0, 0.05) is 12.2 Å². The van der Waals surface area contributed by atoms with Crippen molar-refractivity contribution in [1.29, 1.82) is 0 Å². The third kappa shape index (κ3) is 4.25. The van der Waals surface area contributed by atoms with Crippen LogP contribution in [0.5, 0.6) is 0 Å². The molecule has 26 heavy (non-hydrogen) atoms. The van der Waals surface area contributed by atoms with E-state index >= 15 is 0 Å². The molecule has 6 nitrogen and oxygen atoms in total. The quantitative estimate of drug-likeness (QED) is 0.713. The second kappa shape index (κ2) is 7.13. The van der Waals surface area contributed by atoms with Gasteiger partial charge in [-0.15, -0.1) is 0 Å². The smallest absolute Gasteiger partial charge is 0.345 e. The number of aromatic amines is 1. The first-order valence-corrected chi connectivity index (χ1v) is 8.67. The maximum atomic E-state index is 12.7. The summed E-state index contributed by atoms with van der Waals surface area (Å²) in [7, 11) is 0. The highest BCUT2D eigenvalue weighted by Crippen LogP contribution is 2.44. The summed E-state index contributed by atoms with van der Waals surface area (Å²) in [5.74, 6) is -1.17. The van der Waals surface area contributed by atoms with E-state index in [1.807, 2.05) is 10.3 Å². The van der Waals surface area contributed by atoms with Crippen LogP contribution in [0.1, 0.15) is 44.1 Å². The fourth-order valence-electron chi connectivity index (χ4n) is 3.62. The van der Waals surface area contributed by atoms with Gasteiger partial charge in [-0.25, -0.2) is 0 Å². The normalized spacial score (nSPS) is 23.3. The number of pyridine rings is 1. The number of hydrogen-bond donors (Lipinski definition) is 3. The van der Waals surface area contributed by atoms with Crippen molar-refractivity contribution < 1.29 is 22.8 Å². The van der Waals surface area contributed by atoms with E-state index in [9.17, 15) is 27.6 Å². The lowest BCUT2D eigenvalue weighted by atomic mass is 9.85. The summed E-state index contributed by atoms with van der Waals surface area (Å²) in [5.41, 5.74) is -2.64. The van der Waals surface area contributed by atoms with E-state index in [0.29, 0.717) is 24.1 Å². The van der Waals surface area contributed by atoms with Crippen molar-refractivity contribution in [3.05, 3.63) is 28.2 Å². The molecule has 1 aromatic rings. The molecule has 1 aromatic heterocycles. The number of hydrogen-bond acceptors (Lipinski definition) is 3. The number of H-pyrrole nitrogens is 1. The van der Waals surface area contributed by atoms with Crippen LogP contribution in [0, 0.1) is 11.8 Å². The number of carbonyl (C=O) groups is 2. The van der Waals surface area contributed by atoms with Crippen molar-refractivity contribution in [2.75, 3.05) is 5.32 Å². The van der Waals surface area contributed by atoms with Gasteiger partial charge in [0.2, 0.25) is 0 Å². The first kappa shape index (κ1) is 18.5. The predicted octanol–water partition coefficient (Wildman–Crippen LogP) is 2.42. The highest BCUT2D eigenvalue weighted by atomic mass is 19.4. The standard InChI is InChI=1S/C17H20F3N3O3/c18-17(19,20)10-6-13(14(24)21-8-10)23-16(26)15(25)22-12-7-11(12)9-4-2-1-3-5-9/h6,8-9,11-12H,1-5,7H2,(H,21,24)(H,22,25)(H,23,26)/t11-,12-/m0/s1. The molecule has 0 radical (unpaired) electrons. The van der Waals surface area contributed by atoms with Crippen molar-refractivity contribution in [1.82, 2.24) is 10.3 Å². The van der Waals surface area contributed by atoms with E-state index in [2.05, 4.69) is 5.32 Å². The summed E-state index contributed by atoms with van der Waals surface area (Å²) < 4.78 is 38.0. The number of aromatic nitrogens is 1. The van der Waals surface area contributed by atoms with Gasteiger partial charge in [0.1, 0.15) is 5.69 Å². The molecule has 1 heterocycles. The van der Waals surface area contributed by atoms with Crippen LogP contribution in [0.3, 0.4) is 0 Å². The number of nitrogens with one attached hydrogen (secondary N) is 3. The maximum Gasteiger partial charge on any atom is 0.417 e. The Balaban J connectivity index is 1.57. The topological polar surface area (TPSA) is 91.1 Å². The molecule has 0 spiro atoms. The molecule has 3 rings (SSSR count). The third-order valence-corrected chi connectivity index (χ3v) is 5.10. The van der Waals surface area contributed by atoms with E-state index in [4.69, 9.17) is 0 Å². The molecule has 2 aliphatic rings. The average Bonchev–Trinajstić information content (AvgIpc) is 3.35. The Morgan fingerprint density at radius 2 is 1.81 bits per heavy atom. The van der Waals surface area contributed by atoms with Gasteiger partial charge in [-0.05, 0) is 24.3 Å². The molecule has 2 fully saturated rings. The number of rotatable bonds is 3. The van der Waals surface area contributed by atoms with E-state index in [0.717, 1.165) is 19.3 Å². The van der Waals surface area contributed by atoms with Crippen LogP contribution >= 0.6 is 0 Å². The fraction of sp³-hybridized carbons (Fsp3) is 0.588. The molecule has 2 aliphatic carbocycles. The summed E-state index contributed by atoms with van der Waals surface area (Å²) in [5, 5.41) is 4.56. The Hall–Kier alpha value is -2.32. The molecule has 3 N–H and O–H groups in total. The lowest BCUT2D eigenvalue weighted by Crippen LogP contribution is -2.38. The summed E-state index contributed by atoms with van der Waals surface area (Å²) in [4.78, 5) is 37.4. The Morgan fingerprint density at radius 1 is 1.12 bits per heavy atom. The van der Waals surface area contributed by atoms with Crippen LogP contribution < -0.4 is 16.2 Å². The van der Waals surface area contributed by atoms with Gasteiger partial charge in [0.15, 0.2) is 0 Å². The van der Waals surface area contributed by atoms with Gasteiger partial charge >= 0.3 is 18.0 Å². The molecule has 0 bridgehead atoms. The minimum Gasteiger partial charge on any atom is -0.345 e. The first-order valence-electron chi connectivity index (χ1n) is 8.67. The third-order valence-electron chi connectivity index (χ3n) is 5.10. The van der Waals surface area contributed by atoms with Crippen LogP contribution in [0.4, 0.5) is 18.9 Å². The van der Waals surface area contributed by atoms with E-state index in [-0.39, 0.29) is 6.04 Å². The van der Waals surface area contributed by atoms with Crippen molar-refractivity contribution >= 4 is 17.5 Å². The van der Waals surface area contributed by atoms with E-state index in [1.54, 1.807) is 0 Å². The van der Waals surface area contributed by atoms with E-state index in [1.165, 1.54) is 19.3 Å². The molecule has 0 aliphatic heterocycles. The zero-order chi connectivity index (χ0) is 18.9. The van der Waals surface area contributed by atoms with Crippen LogP contribution in [0.15, 0.2) is 17.1 Å². The zero-order valence-corrected chi connectivity index (χ0v) is 14.0. The second-order valence-corrected chi connectivity index (χ2v) is 6.96. The van der Waals surface area contributed by atoms with Gasteiger partial charge in [0.05, 0.1) is 5.56 Å². The number of carbonyl (C=O) groups excluding carboxylic acids is 2. The van der Waals surface area contributed by atoms with Crippen LogP contribution in [0.2, 0.25) is 0 Å². The van der Waals surface area contributed by atoms with Gasteiger partial charge in [0.25, 0.3) is 5.56 Å². The molecular weight excluding hydrogens is 351 g/mol. The lowest BCUT2D eigenvalue weighted by Gasteiger charge is -2.21. The zero-order valence-electron chi connectivity index (χ0n) is 14.0. The molecule has 2 saturated carbocycles. The van der Waals surface area contributed by atoms with Gasteiger partial charge in [-0.2, -0.15) is 13.2 Å². The molecule has 2 amide bonds. The number of halogens is 3. The molecule has 0 saturated heterocycles. The first-order chi connectivity index (χ1) is 12.3. The number of anilines is 1. The minimum atomic E-state index is -4.67. The van der Waals surface area contributed by atoms with E-state index < -0.39 is 34.8 Å². The van der Waals surface area contributed by atoms with Crippen molar-refractivity contribution in [2.24, 2.45) is 11.8 Å². The molecule has 0 aromatic carbocycles. The van der Waals surface area contributed by atoms with Crippen LogP contribution in [0.25, 0.3) is 0 Å². The molecular formula is C17H20F3N3O3. The summed E-state index contributed by atoms with van der Waals surface area (Å²) in [6.45, 7) is 0. The Kier molecular flexibility index (Phi) is 5.06. The molecule has 0 unspecified atom stereocenters. The molecule has 9 heteroatoms. The summed E-state index contributed by atoms with van der Waals surface area (Å²) in [6.07, 6.45) is 2.50. The Morgan fingerprint density at radius 3 is 2.46 bits per heavy atom. The maximum absolute atomic E-state index is 12.7. The SMILES string of the molecule is O=C(Nc1cc(C(F)(F)F)c[nH]c1=O)C(=O)N[C@H]1C[C@H]1C1CCCCC1. The molecule has 2 atom stereocenters. The van der Waals surface area contributed by atoms with Crippen LogP contribution in [-0.2, 0) is 15.8 Å². The van der Waals surface area contributed by atoms with Crippen molar-refractivity contribution in [2.45, 2.75) is 50.7 Å². The lowest BCUT2D eigenvalue weighted by molar-refractivity contribution is -0.137. The number of amides is 2. The monoisotopic (exact) mass is 371 g/mol. The minimum absolute atomic E-state index is 0.0730. The fourth-order valence-corrected chi connectivity index (χ4v) is 3.62. The van der Waals surface area contributed by atoms with Gasteiger partial charge in [-0.3, -0.25) is 14.4 Å². The largest absolute Gasteiger partial charge is 0.417 e. The van der Waals surface area contributed by atoms with Crippen molar-refractivity contribution in [3.63, 3.8) is 0 Å². The second-order valence-electron chi connectivity index (χ2n) is 6.96. The highest BCUT2D eigenvalue weighted by molar-refractivity contribution is 6.39. The van der Waals surface area contributed by atoms with Gasteiger partial charge < -0.3 is 15.6 Å². The summed E-state index contributed by atoms with van der Waals surface area (Å²) >= 11 is 0. The number of alkyl halides is 3. The Bertz CT molecular complexity index is 754. The predicted molar refractivity (Wildman–Crippen MR) is 87.3 cm³/mol. The average molecular weight is 371 g/mol. The Labute approximate surface area is 147 Å².